The van der Waals surface area contributed by atoms with Gasteiger partial charge in [0, 0.05) is 18.8 Å². The first-order chi connectivity index (χ1) is 14.4. The highest BCUT2D eigenvalue weighted by Gasteiger charge is 2.33. The zero-order chi connectivity index (χ0) is 21.1. The molecule has 0 saturated carbocycles. The van der Waals surface area contributed by atoms with Gasteiger partial charge in [0.25, 0.3) is 0 Å². The lowest BCUT2D eigenvalue weighted by atomic mass is 9.96. The Morgan fingerprint density at radius 2 is 2.00 bits per heavy atom. The lowest BCUT2D eigenvalue weighted by Gasteiger charge is -2.27. The van der Waals surface area contributed by atoms with E-state index in [1.165, 1.54) is 5.56 Å². The minimum absolute atomic E-state index is 0.133. The van der Waals surface area contributed by atoms with Crippen LogP contribution in [0.25, 0.3) is 0 Å². The quantitative estimate of drug-likeness (QED) is 0.786. The highest BCUT2D eigenvalue weighted by molar-refractivity contribution is 6.32. The second-order valence-electron chi connectivity index (χ2n) is 8.50. The standard InChI is InChI=1S/C24H29ClN2O3/c1-18-7-8-20(25)22(15-18)30-17-24(29)10-4-12-26(14-11-24)16-23(28)27-13-9-19-5-2-3-6-21(19)27/h2-3,5-8,15,29H,4,9-14,16-17H2,1H3. The molecule has 2 heterocycles. The number of halogens is 1. The Hall–Kier alpha value is -2.08. The predicted molar refractivity (Wildman–Crippen MR) is 119 cm³/mol. The van der Waals surface area contributed by atoms with Crippen molar-refractivity contribution in [2.24, 2.45) is 0 Å². The molecule has 5 nitrogen and oxygen atoms in total. The smallest absolute Gasteiger partial charge is 0.241 e. The molecule has 2 aromatic rings. The van der Waals surface area contributed by atoms with Crippen LogP contribution < -0.4 is 9.64 Å². The Labute approximate surface area is 183 Å². The zero-order valence-electron chi connectivity index (χ0n) is 17.4. The van der Waals surface area contributed by atoms with E-state index in [-0.39, 0.29) is 12.5 Å². The summed E-state index contributed by atoms with van der Waals surface area (Å²) in [5.74, 6) is 0.738. The summed E-state index contributed by atoms with van der Waals surface area (Å²) in [6.45, 7) is 4.79. The van der Waals surface area contributed by atoms with Gasteiger partial charge in [-0.25, -0.2) is 0 Å². The molecule has 1 atom stereocenters. The average molecular weight is 429 g/mol. The molecular formula is C24H29ClN2O3. The van der Waals surface area contributed by atoms with Gasteiger partial charge in [0.15, 0.2) is 0 Å². The number of ether oxygens (including phenoxy) is 1. The summed E-state index contributed by atoms with van der Waals surface area (Å²) in [6, 6.07) is 13.8. The SMILES string of the molecule is Cc1ccc(Cl)c(OCC2(O)CCCN(CC(=O)N3CCc4ccccc43)CC2)c1. The Kier molecular flexibility index (Phi) is 6.32. The topological polar surface area (TPSA) is 53.0 Å². The number of likely N-dealkylation sites (tertiary alicyclic amines) is 1. The maximum absolute atomic E-state index is 12.9. The van der Waals surface area contributed by atoms with Gasteiger partial charge in [-0.1, -0.05) is 35.9 Å². The summed E-state index contributed by atoms with van der Waals surface area (Å²) >= 11 is 6.21. The molecule has 30 heavy (non-hydrogen) atoms. The third kappa shape index (κ3) is 4.80. The fourth-order valence-electron chi connectivity index (χ4n) is 4.34. The van der Waals surface area contributed by atoms with Crippen LogP contribution in [0.3, 0.4) is 0 Å². The van der Waals surface area contributed by atoms with E-state index in [1.807, 2.05) is 48.2 Å². The molecule has 2 aromatic carbocycles. The molecule has 0 spiro atoms. The summed E-state index contributed by atoms with van der Waals surface area (Å²) in [7, 11) is 0. The van der Waals surface area contributed by atoms with E-state index >= 15 is 0 Å². The van der Waals surface area contributed by atoms with Crippen molar-refractivity contribution in [1.82, 2.24) is 4.90 Å². The Morgan fingerprint density at radius 1 is 1.17 bits per heavy atom. The molecule has 1 N–H and O–H groups in total. The molecule has 1 unspecified atom stereocenters. The highest BCUT2D eigenvalue weighted by Crippen LogP contribution is 2.30. The van der Waals surface area contributed by atoms with Crippen LogP contribution in [0.15, 0.2) is 42.5 Å². The third-order valence-electron chi connectivity index (χ3n) is 6.14. The number of aliphatic hydroxyl groups is 1. The van der Waals surface area contributed by atoms with Crippen LogP contribution in [0.4, 0.5) is 5.69 Å². The summed E-state index contributed by atoms with van der Waals surface area (Å²) in [5.41, 5.74) is 2.43. The van der Waals surface area contributed by atoms with Crippen molar-refractivity contribution >= 4 is 23.2 Å². The van der Waals surface area contributed by atoms with E-state index in [1.54, 1.807) is 0 Å². The Balaban J connectivity index is 1.32. The van der Waals surface area contributed by atoms with Crippen molar-refractivity contribution < 1.29 is 14.6 Å². The van der Waals surface area contributed by atoms with E-state index in [4.69, 9.17) is 16.3 Å². The first-order valence-corrected chi connectivity index (χ1v) is 11.0. The van der Waals surface area contributed by atoms with Crippen LogP contribution in [0.1, 0.15) is 30.4 Å². The number of carbonyl (C=O) groups excluding carboxylic acids is 1. The molecule has 160 valence electrons. The lowest BCUT2D eigenvalue weighted by molar-refractivity contribution is -0.119. The number of carbonyl (C=O) groups is 1. The molecule has 0 aromatic heterocycles. The maximum Gasteiger partial charge on any atom is 0.241 e. The van der Waals surface area contributed by atoms with Crippen LogP contribution in [-0.2, 0) is 11.2 Å². The molecule has 0 bridgehead atoms. The van der Waals surface area contributed by atoms with Gasteiger partial charge in [0.2, 0.25) is 5.91 Å². The lowest BCUT2D eigenvalue weighted by Crippen LogP contribution is -2.41. The number of rotatable bonds is 5. The van der Waals surface area contributed by atoms with Gasteiger partial charge < -0.3 is 14.7 Å². The molecule has 6 heteroatoms. The van der Waals surface area contributed by atoms with Gasteiger partial charge in [0.1, 0.15) is 12.4 Å². The second-order valence-corrected chi connectivity index (χ2v) is 8.91. The number of nitrogens with zero attached hydrogens (tertiary/aromatic N) is 2. The fourth-order valence-corrected chi connectivity index (χ4v) is 4.52. The summed E-state index contributed by atoms with van der Waals surface area (Å²) in [4.78, 5) is 17.0. The normalized spacial score (nSPS) is 21.9. The molecule has 1 fully saturated rings. The number of benzene rings is 2. The van der Waals surface area contributed by atoms with Crippen molar-refractivity contribution in [3.05, 3.63) is 58.6 Å². The van der Waals surface area contributed by atoms with Crippen molar-refractivity contribution in [3.63, 3.8) is 0 Å². The zero-order valence-corrected chi connectivity index (χ0v) is 18.2. The predicted octanol–water partition coefficient (Wildman–Crippen LogP) is 3.83. The molecule has 1 saturated heterocycles. The Bertz CT molecular complexity index is 919. The van der Waals surface area contributed by atoms with Gasteiger partial charge in [-0.05, 0) is 68.5 Å². The van der Waals surface area contributed by atoms with Crippen LogP contribution >= 0.6 is 11.6 Å². The minimum atomic E-state index is -0.912. The molecule has 0 radical (unpaired) electrons. The van der Waals surface area contributed by atoms with E-state index in [0.29, 0.717) is 36.7 Å². The average Bonchev–Trinajstić information content (AvgIpc) is 3.08. The summed E-state index contributed by atoms with van der Waals surface area (Å²) < 4.78 is 5.88. The number of amides is 1. The van der Waals surface area contributed by atoms with Crippen LogP contribution in [0, 0.1) is 6.92 Å². The van der Waals surface area contributed by atoms with E-state index in [9.17, 15) is 9.90 Å². The number of anilines is 1. The van der Waals surface area contributed by atoms with Gasteiger partial charge in [-0.15, -0.1) is 0 Å². The molecule has 4 rings (SSSR count). The summed E-state index contributed by atoms with van der Waals surface area (Å²) in [6.07, 6.45) is 2.96. The Morgan fingerprint density at radius 3 is 2.87 bits per heavy atom. The van der Waals surface area contributed by atoms with Crippen LogP contribution in [0.2, 0.25) is 5.02 Å². The monoisotopic (exact) mass is 428 g/mol. The first-order valence-electron chi connectivity index (χ1n) is 10.7. The van der Waals surface area contributed by atoms with Gasteiger partial charge in [-0.2, -0.15) is 0 Å². The molecule has 2 aliphatic heterocycles. The number of hydrogen-bond acceptors (Lipinski definition) is 4. The minimum Gasteiger partial charge on any atom is -0.489 e. The first kappa shape index (κ1) is 21.2. The largest absolute Gasteiger partial charge is 0.489 e. The van der Waals surface area contributed by atoms with E-state index in [2.05, 4.69) is 11.0 Å². The molecule has 1 amide bonds. The van der Waals surface area contributed by atoms with Gasteiger partial charge >= 0.3 is 0 Å². The van der Waals surface area contributed by atoms with E-state index < -0.39 is 5.60 Å². The summed E-state index contributed by atoms with van der Waals surface area (Å²) in [5, 5.41) is 11.6. The van der Waals surface area contributed by atoms with Gasteiger partial charge in [0.05, 0.1) is 17.2 Å². The van der Waals surface area contributed by atoms with Crippen molar-refractivity contribution in [3.8, 4) is 5.75 Å². The fraction of sp³-hybridized carbons (Fsp3) is 0.458. The number of para-hydroxylation sites is 1. The number of aryl methyl sites for hydroxylation is 1. The van der Waals surface area contributed by atoms with E-state index in [0.717, 1.165) is 37.2 Å². The van der Waals surface area contributed by atoms with Crippen molar-refractivity contribution in [2.75, 3.05) is 37.7 Å². The van der Waals surface area contributed by atoms with Gasteiger partial charge in [-0.3, -0.25) is 9.69 Å². The van der Waals surface area contributed by atoms with Crippen molar-refractivity contribution in [2.45, 2.75) is 38.2 Å². The molecule has 0 aliphatic carbocycles. The second kappa shape index (κ2) is 8.96. The number of fused-ring (bicyclic) bond motifs is 1. The highest BCUT2D eigenvalue weighted by atomic mass is 35.5. The third-order valence-corrected chi connectivity index (χ3v) is 6.45. The van der Waals surface area contributed by atoms with Crippen molar-refractivity contribution in [1.29, 1.82) is 0 Å². The molecule has 2 aliphatic rings. The maximum atomic E-state index is 12.9. The van der Waals surface area contributed by atoms with Crippen LogP contribution in [-0.4, -0.2) is 54.3 Å². The molecular weight excluding hydrogens is 400 g/mol. The number of hydrogen-bond donors (Lipinski definition) is 1. The van der Waals surface area contributed by atoms with Crippen LogP contribution in [0.5, 0.6) is 5.75 Å².